The van der Waals surface area contributed by atoms with Gasteiger partial charge in [-0.15, -0.1) is 0 Å². The number of rotatable bonds is 6. The lowest BCUT2D eigenvalue weighted by Crippen LogP contribution is -2.25. The van der Waals surface area contributed by atoms with E-state index in [-0.39, 0.29) is 5.91 Å². The highest BCUT2D eigenvalue weighted by atomic mass is 16.1. The second-order valence-corrected chi connectivity index (χ2v) is 6.88. The molecule has 1 aliphatic rings. The third-order valence-corrected chi connectivity index (χ3v) is 4.53. The van der Waals surface area contributed by atoms with Crippen molar-refractivity contribution in [2.75, 3.05) is 25.5 Å². The van der Waals surface area contributed by atoms with E-state index in [4.69, 9.17) is 4.98 Å². The van der Waals surface area contributed by atoms with Gasteiger partial charge in [0, 0.05) is 45.5 Å². The molecule has 1 amide bonds. The van der Waals surface area contributed by atoms with E-state index in [2.05, 4.69) is 26.3 Å². The van der Waals surface area contributed by atoms with Gasteiger partial charge < -0.3 is 10.2 Å². The van der Waals surface area contributed by atoms with Gasteiger partial charge in [-0.1, -0.05) is 6.07 Å². The molecule has 0 aromatic carbocycles. The Balaban J connectivity index is 1.69. The number of nitrogens with one attached hydrogen (secondary N) is 1. The van der Waals surface area contributed by atoms with Crippen LogP contribution >= 0.6 is 0 Å². The monoisotopic (exact) mass is 354 g/mol. The maximum Gasteiger partial charge on any atom is 0.224 e. The number of likely N-dealkylation sites (tertiary alicyclic amines) is 1. The summed E-state index contributed by atoms with van der Waals surface area (Å²) in [6.45, 7) is 3.84. The Morgan fingerprint density at radius 1 is 1.31 bits per heavy atom. The van der Waals surface area contributed by atoms with Crippen molar-refractivity contribution in [2.24, 2.45) is 0 Å². The van der Waals surface area contributed by atoms with E-state index in [0.717, 1.165) is 48.8 Å². The molecular formula is C19H26N6O. The molecule has 1 fully saturated rings. The summed E-state index contributed by atoms with van der Waals surface area (Å²) in [4.78, 5) is 29.0. The number of hydrogen-bond donors (Lipinski definition) is 1. The molecule has 3 heterocycles. The van der Waals surface area contributed by atoms with E-state index < -0.39 is 0 Å². The van der Waals surface area contributed by atoms with Crippen LogP contribution in [0.4, 0.5) is 5.95 Å². The van der Waals surface area contributed by atoms with Crippen LogP contribution in [0, 0.1) is 0 Å². The molecule has 0 saturated carbocycles. The van der Waals surface area contributed by atoms with Gasteiger partial charge in [-0.05, 0) is 31.5 Å². The van der Waals surface area contributed by atoms with Crippen molar-refractivity contribution < 1.29 is 4.79 Å². The number of hydrogen-bond acceptors (Lipinski definition) is 6. The Morgan fingerprint density at radius 2 is 2.08 bits per heavy atom. The van der Waals surface area contributed by atoms with Gasteiger partial charge in [-0.25, -0.2) is 9.97 Å². The van der Waals surface area contributed by atoms with Gasteiger partial charge in [0.05, 0.1) is 24.0 Å². The van der Waals surface area contributed by atoms with E-state index in [1.807, 2.05) is 43.5 Å². The van der Waals surface area contributed by atoms with Crippen LogP contribution in [0.2, 0.25) is 0 Å². The number of anilines is 1. The summed E-state index contributed by atoms with van der Waals surface area (Å²) >= 11 is 0. The van der Waals surface area contributed by atoms with E-state index >= 15 is 0 Å². The summed E-state index contributed by atoms with van der Waals surface area (Å²) in [5, 5.41) is 2.81. The molecule has 0 spiro atoms. The average Bonchev–Trinajstić information content (AvgIpc) is 3.09. The lowest BCUT2D eigenvalue weighted by Gasteiger charge is -2.24. The highest BCUT2D eigenvalue weighted by molar-refractivity contribution is 5.72. The molecule has 3 rings (SSSR count). The molecule has 1 N–H and O–H groups in total. The van der Waals surface area contributed by atoms with Crippen molar-refractivity contribution in [1.29, 1.82) is 0 Å². The molecule has 26 heavy (non-hydrogen) atoms. The molecule has 0 radical (unpaired) electrons. The summed E-state index contributed by atoms with van der Waals surface area (Å²) in [6.07, 6.45) is 6.04. The summed E-state index contributed by atoms with van der Waals surface area (Å²) in [5.41, 5.74) is 3.07. The lowest BCUT2D eigenvalue weighted by molar-refractivity contribution is -0.119. The largest absolute Gasteiger partial charge is 0.351 e. The van der Waals surface area contributed by atoms with Crippen molar-refractivity contribution in [3.63, 3.8) is 0 Å². The van der Waals surface area contributed by atoms with Crippen LogP contribution in [-0.2, 0) is 17.9 Å². The van der Waals surface area contributed by atoms with E-state index in [0.29, 0.717) is 12.6 Å². The SMILES string of the molecule is CC(=O)NCc1cccc([C@@H]2CCCN2Cc2cnc(N(C)C)nc2)n1. The summed E-state index contributed by atoms with van der Waals surface area (Å²) in [5.74, 6) is 0.680. The van der Waals surface area contributed by atoms with Gasteiger partial charge in [0.15, 0.2) is 0 Å². The predicted molar refractivity (Wildman–Crippen MR) is 101 cm³/mol. The number of carbonyl (C=O) groups is 1. The molecule has 1 atom stereocenters. The van der Waals surface area contributed by atoms with E-state index in [1.165, 1.54) is 6.92 Å². The number of carbonyl (C=O) groups excluding carboxylic acids is 1. The molecular weight excluding hydrogens is 328 g/mol. The molecule has 0 unspecified atom stereocenters. The van der Waals surface area contributed by atoms with Gasteiger partial charge in [0.25, 0.3) is 0 Å². The lowest BCUT2D eigenvalue weighted by atomic mass is 10.1. The minimum absolute atomic E-state index is 0.0409. The molecule has 0 aliphatic carbocycles. The second-order valence-electron chi connectivity index (χ2n) is 6.88. The molecule has 0 bridgehead atoms. The van der Waals surface area contributed by atoms with Crippen molar-refractivity contribution in [3.05, 3.63) is 47.5 Å². The molecule has 7 heteroatoms. The first-order chi connectivity index (χ1) is 12.5. The first kappa shape index (κ1) is 18.3. The van der Waals surface area contributed by atoms with Crippen LogP contribution in [0.1, 0.15) is 42.8 Å². The zero-order valence-corrected chi connectivity index (χ0v) is 15.6. The highest BCUT2D eigenvalue weighted by Gasteiger charge is 2.27. The Morgan fingerprint density at radius 3 is 2.77 bits per heavy atom. The average molecular weight is 354 g/mol. The molecule has 1 aliphatic heterocycles. The van der Waals surface area contributed by atoms with Crippen molar-refractivity contribution in [3.8, 4) is 0 Å². The van der Waals surface area contributed by atoms with Crippen LogP contribution < -0.4 is 10.2 Å². The Kier molecular flexibility index (Phi) is 5.78. The van der Waals surface area contributed by atoms with Gasteiger partial charge >= 0.3 is 0 Å². The molecule has 1 saturated heterocycles. The van der Waals surface area contributed by atoms with Crippen molar-refractivity contribution in [1.82, 2.24) is 25.2 Å². The minimum Gasteiger partial charge on any atom is -0.351 e. The van der Waals surface area contributed by atoms with Gasteiger partial charge in [0.1, 0.15) is 0 Å². The Labute approximate surface area is 154 Å². The first-order valence-corrected chi connectivity index (χ1v) is 8.95. The van der Waals surface area contributed by atoms with Crippen LogP contribution in [0.15, 0.2) is 30.6 Å². The van der Waals surface area contributed by atoms with Crippen molar-refractivity contribution >= 4 is 11.9 Å². The number of pyridine rings is 1. The van der Waals surface area contributed by atoms with Crippen LogP contribution in [0.25, 0.3) is 0 Å². The van der Waals surface area contributed by atoms with Gasteiger partial charge in [-0.3, -0.25) is 14.7 Å². The third-order valence-electron chi connectivity index (χ3n) is 4.53. The Bertz CT molecular complexity index is 746. The first-order valence-electron chi connectivity index (χ1n) is 8.95. The fourth-order valence-corrected chi connectivity index (χ4v) is 3.24. The quantitative estimate of drug-likeness (QED) is 0.854. The predicted octanol–water partition coefficient (Wildman–Crippen LogP) is 1.91. The highest BCUT2D eigenvalue weighted by Crippen LogP contribution is 2.32. The molecule has 138 valence electrons. The van der Waals surface area contributed by atoms with E-state index in [9.17, 15) is 4.79 Å². The number of aromatic nitrogens is 3. The smallest absolute Gasteiger partial charge is 0.224 e. The van der Waals surface area contributed by atoms with Crippen LogP contribution in [0.3, 0.4) is 0 Å². The molecule has 2 aromatic rings. The minimum atomic E-state index is -0.0409. The number of amides is 1. The fourth-order valence-electron chi connectivity index (χ4n) is 3.24. The topological polar surface area (TPSA) is 74.2 Å². The van der Waals surface area contributed by atoms with Crippen LogP contribution in [0.5, 0.6) is 0 Å². The summed E-state index contributed by atoms with van der Waals surface area (Å²) < 4.78 is 0. The zero-order valence-electron chi connectivity index (χ0n) is 15.6. The number of nitrogens with zero attached hydrogens (tertiary/aromatic N) is 5. The van der Waals surface area contributed by atoms with Crippen LogP contribution in [-0.4, -0.2) is 46.4 Å². The third kappa shape index (κ3) is 4.54. The maximum absolute atomic E-state index is 11.1. The zero-order chi connectivity index (χ0) is 18.5. The van der Waals surface area contributed by atoms with Gasteiger partial charge in [0.2, 0.25) is 11.9 Å². The molecule has 7 nitrogen and oxygen atoms in total. The Hall–Kier alpha value is -2.54. The summed E-state index contributed by atoms with van der Waals surface area (Å²) in [6, 6.07) is 6.34. The molecule has 2 aromatic heterocycles. The second kappa shape index (κ2) is 8.23. The van der Waals surface area contributed by atoms with E-state index in [1.54, 1.807) is 0 Å². The standard InChI is InChI=1S/C19H26N6O/c1-14(26)20-12-16-6-4-7-17(23-16)18-8-5-9-25(18)13-15-10-21-19(22-11-15)24(2)3/h4,6-7,10-11,18H,5,8-9,12-13H2,1-3H3,(H,20,26)/t18-/m0/s1. The van der Waals surface area contributed by atoms with Gasteiger partial charge in [-0.2, -0.15) is 0 Å². The summed E-state index contributed by atoms with van der Waals surface area (Å²) in [7, 11) is 3.87. The van der Waals surface area contributed by atoms with Crippen molar-refractivity contribution in [2.45, 2.75) is 38.9 Å². The maximum atomic E-state index is 11.1. The normalized spacial score (nSPS) is 17.3. The fraction of sp³-hybridized carbons (Fsp3) is 0.474.